The summed E-state index contributed by atoms with van der Waals surface area (Å²) in [7, 11) is 0. The maximum atomic E-state index is 5.92. The van der Waals surface area contributed by atoms with E-state index in [-0.39, 0.29) is 5.41 Å². The molecule has 2 bridgehead atoms. The molecule has 0 amide bonds. The molecule has 1 nitrogen and oxygen atoms in total. The van der Waals surface area contributed by atoms with Crippen molar-refractivity contribution in [1.82, 2.24) is 0 Å². The van der Waals surface area contributed by atoms with Crippen molar-refractivity contribution in [3.63, 3.8) is 0 Å². The van der Waals surface area contributed by atoms with Gasteiger partial charge < -0.3 is 5.73 Å². The lowest BCUT2D eigenvalue weighted by molar-refractivity contribution is -0.0503. The summed E-state index contributed by atoms with van der Waals surface area (Å²) in [4.78, 5) is 0.782. The fourth-order valence-corrected chi connectivity index (χ4v) is 3.99. The molecule has 0 unspecified atom stereocenters. The molecule has 3 rings (SSSR count). The summed E-state index contributed by atoms with van der Waals surface area (Å²) in [6.07, 6.45) is 7.69. The minimum Gasteiger partial charge on any atom is -0.393 e. The normalized spacial score (nSPS) is 40.5. The van der Waals surface area contributed by atoms with Crippen LogP contribution in [-0.4, -0.2) is 4.99 Å². The van der Waals surface area contributed by atoms with Gasteiger partial charge in [-0.15, -0.1) is 0 Å². The Morgan fingerprint density at radius 1 is 1.00 bits per heavy atom. The highest BCUT2D eigenvalue weighted by Gasteiger charge is 2.54. The summed E-state index contributed by atoms with van der Waals surface area (Å²) < 4.78 is 0. The second-order valence-electron chi connectivity index (χ2n) is 6.67. The number of thiocarbonyl (C=S) groups is 1. The van der Waals surface area contributed by atoms with Gasteiger partial charge in [-0.2, -0.15) is 0 Å². The Labute approximate surface area is 98.8 Å². The molecule has 2 heteroatoms. The first-order chi connectivity index (χ1) is 6.81. The second kappa shape index (κ2) is 3.19. The molecule has 2 N–H and O–H groups in total. The third-order valence-corrected chi connectivity index (χ3v) is 5.79. The first-order valence-corrected chi connectivity index (χ1v) is 6.52. The van der Waals surface area contributed by atoms with Crippen LogP contribution in [-0.2, 0) is 0 Å². The number of fused-ring (bicyclic) bond motifs is 3. The van der Waals surface area contributed by atoms with Crippen LogP contribution in [0.15, 0.2) is 0 Å². The van der Waals surface area contributed by atoms with Crippen molar-refractivity contribution < 1.29 is 0 Å². The fourth-order valence-electron chi connectivity index (χ4n) is 3.68. The molecule has 0 saturated heterocycles. The average molecular weight is 225 g/mol. The monoisotopic (exact) mass is 225 g/mol. The molecule has 15 heavy (non-hydrogen) atoms. The first kappa shape index (κ1) is 11.4. The molecule has 0 heterocycles. The van der Waals surface area contributed by atoms with Gasteiger partial charge in [-0.25, -0.2) is 0 Å². The van der Waals surface area contributed by atoms with Gasteiger partial charge in [0, 0.05) is 5.41 Å². The van der Waals surface area contributed by atoms with Gasteiger partial charge in [-0.05, 0) is 49.4 Å². The molecular weight excluding hydrogens is 202 g/mol. The van der Waals surface area contributed by atoms with Gasteiger partial charge in [0.25, 0.3) is 0 Å². The lowest BCUT2D eigenvalue weighted by Crippen LogP contribution is -2.52. The molecule has 0 aliphatic heterocycles. The SMILES string of the molecule is CC(C)(C)C12CCC(C(N)=S)(CC1)CC2. The van der Waals surface area contributed by atoms with E-state index in [9.17, 15) is 0 Å². The van der Waals surface area contributed by atoms with E-state index in [2.05, 4.69) is 20.8 Å². The largest absolute Gasteiger partial charge is 0.393 e. The van der Waals surface area contributed by atoms with Crippen LogP contribution in [0.25, 0.3) is 0 Å². The van der Waals surface area contributed by atoms with Gasteiger partial charge in [0.2, 0.25) is 0 Å². The number of nitrogens with two attached hydrogens (primary N) is 1. The molecule has 0 spiro atoms. The number of hydrogen-bond acceptors (Lipinski definition) is 1. The van der Waals surface area contributed by atoms with Crippen molar-refractivity contribution in [3.8, 4) is 0 Å². The van der Waals surface area contributed by atoms with Crippen molar-refractivity contribution in [2.24, 2.45) is 22.0 Å². The Balaban J connectivity index is 2.21. The van der Waals surface area contributed by atoms with E-state index in [1.165, 1.54) is 38.5 Å². The zero-order valence-corrected chi connectivity index (χ0v) is 11.0. The zero-order chi connectivity index (χ0) is 11.3. The summed E-state index contributed by atoms with van der Waals surface area (Å²) >= 11 is 5.26. The van der Waals surface area contributed by atoms with Crippen LogP contribution in [0.2, 0.25) is 0 Å². The smallest absolute Gasteiger partial charge is 0.0790 e. The Morgan fingerprint density at radius 3 is 1.67 bits per heavy atom. The van der Waals surface area contributed by atoms with E-state index < -0.39 is 0 Å². The van der Waals surface area contributed by atoms with E-state index in [1.54, 1.807) is 0 Å². The summed E-state index contributed by atoms with van der Waals surface area (Å²) in [6, 6.07) is 0. The molecule has 0 aromatic carbocycles. The first-order valence-electron chi connectivity index (χ1n) is 6.11. The Bertz CT molecular complexity index is 263. The van der Waals surface area contributed by atoms with E-state index in [1.807, 2.05) is 0 Å². The van der Waals surface area contributed by atoms with Crippen LogP contribution in [0.3, 0.4) is 0 Å². The molecule has 86 valence electrons. The van der Waals surface area contributed by atoms with Crippen LogP contribution in [0.5, 0.6) is 0 Å². The summed E-state index contributed by atoms with van der Waals surface area (Å²) in [5, 5.41) is 0. The number of rotatable bonds is 1. The summed E-state index contributed by atoms with van der Waals surface area (Å²) in [6.45, 7) is 7.18. The third-order valence-electron chi connectivity index (χ3n) is 5.36. The highest BCUT2D eigenvalue weighted by Crippen LogP contribution is 2.63. The van der Waals surface area contributed by atoms with E-state index in [0.29, 0.717) is 10.8 Å². The van der Waals surface area contributed by atoms with Crippen molar-refractivity contribution >= 4 is 17.2 Å². The lowest BCUT2D eigenvalue weighted by atomic mass is 9.47. The quantitative estimate of drug-likeness (QED) is 0.689. The van der Waals surface area contributed by atoms with Crippen LogP contribution < -0.4 is 5.73 Å². The van der Waals surface area contributed by atoms with E-state index in [0.717, 1.165) is 4.99 Å². The predicted molar refractivity (Wildman–Crippen MR) is 68.8 cm³/mol. The van der Waals surface area contributed by atoms with Gasteiger partial charge in [0.15, 0.2) is 0 Å². The van der Waals surface area contributed by atoms with E-state index >= 15 is 0 Å². The van der Waals surface area contributed by atoms with Crippen LogP contribution >= 0.6 is 12.2 Å². The molecule has 3 fully saturated rings. The second-order valence-corrected chi connectivity index (χ2v) is 7.11. The average Bonchev–Trinajstić information content (AvgIpc) is 2.19. The van der Waals surface area contributed by atoms with Gasteiger partial charge in [0.05, 0.1) is 4.99 Å². The Hall–Kier alpha value is -0.110. The topological polar surface area (TPSA) is 26.0 Å². The van der Waals surface area contributed by atoms with Crippen molar-refractivity contribution in [1.29, 1.82) is 0 Å². The molecule has 0 radical (unpaired) electrons. The van der Waals surface area contributed by atoms with Gasteiger partial charge in [0.1, 0.15) is 0 Å². The van der Waals surface area contributed by atoms with E-state index in [4.69, 9.17) is 18.0 Å². The molecule has 0 aromatic heterocycles. The molecule has 0 aromatic rings. The Kier molecular flexibility index (Phi) is 2.42. The zero-order valence-electron chi connectivity index (χ0n) is 10.2. The molecule has 3 saturated carbocycles. The molecule has 3 aliphatic carbocycles. The highest BCUT2D eigenvalue weighted by molar-refractivity contribution is 7.80. The van der Waals surface area contributed by atoms with Crippen molar-refractivity contribution in [3.05, 3.63) is 0 Å². The third kappa shape index (κ3) is 1.52. The maximum absolute atomic E-state index is 5.92. The fraction of sp³-hybridized carbons (Fsp3) is 0.923. The molecule has 3 aliphatic rings. The standard InChI is InChI=1S/C13H23NS/c1-11(2,3)13-7-4-12(5-8-13,6-9-13)10(14)15/h4-9H2,1-3H3,(H2,14,15). The maximum Gasteiger partial charge on any atom is 0.0790 e. The van der Waals surface area contributed by atoms with Crippen molar-refractivity contribution in [2.45, 2.75) is 59.3 Å². The Morgan fingerprint density at radius 2 is 1.40 bits per heavy atom. The van der Waals surface area contributed by atoms with Crippen LogP contribution in [0.1, 0.15) is 59.3 Å². The van der Waals surface area contributed by atoms with Crippen LogP contribution in [0.4, 0.5) is 0 Å². The predicted octanol–water partition coefficient (Wildman–Crippen LogP) is 3.66. The van der Waals surface area contributed by atoms with Gasteiger partial charge in [-0.3, -0.25) is 0 Å². The minimum absolute atomic E-state index is 0.238. The van der Waals surface area contributed by atoms with Crippen molar-refractivity contribution in [2.75, 3.05) is 0 Å². The minimum atomic E-state index is 0.238. The molecule has 0 atom stereocenters. The van der Waals surface area contributed by atoms with Crippen LogP contribution in [0, 0.1) is 16.2 Å². The number of hydrogen-bond donors (Lipinski definition) is 1. The van der Waals surface area contributed by atoms with Gasteiger partial charge in [-0.1, -0.05) is 33.0 Å². The molecular formula is C13H23NS. The van der Waals surface area contributed by atoms with Gasteiger partial charge >= 0.3 is 0 Å². The summed E-state index contributed by atoms with van der Waals surface area (Å²) in [5.41, 5.74) is 7.17. The highest BCUT2D eigenvalue weighted by atomic mass is 32.1. The lowest BCUT2D eigenvalue weighted by Gasteiger charge is -2.58. The summed E-state index contributed by atoms with van der Waals surface area (Å²) in [5.74, 6) is 0.